The van der Waals surface area contributed by atoms with Crippen molar-refractivity contribution in [1.82, 2.24) is 4.98 Å². The number of phenols is 1. The van der Waals surface area contributed by atoms with Crippen molar-refractivity contribution in [3.63, 3.8) is 0 Å². The van der Waals surface area contributed by atoms with Gasteiger partial charge in [0.1, 0.15) is 11.5 Å². The van der Waals surface area contributed by atoms with Gasteiger partial charge in [-0.3, -0.25) is 4.98 Å². The number of aromatic nitrogens is 1. The predicted molar refractivity (Wildman–Crippen MR) is 112 cm³/mol. The topological polar surface area (TPSA) is 59.4 Å². The SMILES string of the molecule is CC.CC.CC(C)c1cc2ccc(OC(=O)c3ccc(O)cc3)cc2cn1. The highest BCUT2D eigenvalue weighted by molar-refractivity contribution is 5.92. The van der Waals surface area contributed by atoms with Crippen LogP contribution in [0.2, 0.25) is 0 Å². The second-order valence-electron chi connectivity index (χ2n) is 5.71. The molecule has 4 nitrogen and oxygen atoms in total. The van der Waals surface area contributed by atoms with Gasteiger partial charge < -0.3 is 9.84 Å². The average Bonchev–Trinajstić information content (AvgIpc) is 2.71. The molecule has 0 amide bonds. The number of pyridine rings is 1. The quantitative estimate of drug-likeness (QED) is 0.434. The first kappa shape index (κ1) is 22.2. The smallest absolute Gasteiger partial charge is 0.343 e. The fourth-order valence-corrected chi connectivity index (χ4v) is 2.28. The van der Waals surface area contributed by atoms with Gasteiger partial charge in [-0.1, -0.05) is 47.6 Å². The lowest BCUT2D eigenvalue weighted by Gasteiger charge is -2.08. The largest absolute Gasteiger partial charge is 0.508 e. The molecule has 0 atom stereocenters. The van der Waals surface area contributed by atoms with E-state index in [0.29, 0.717) is 17.2 Å². The van der Waals surface area contributed by atoms with Crippen molar-refractivity contribution >= 4 is 16.7 Å². The summed E-state index contributed by atoms with van der Waals surface area (Å²) in [6.45, 7) is 12.2. The third kappa shape index (κ3) is 6.10. The summed E-state index contributed by atoms with van der Waals surface area (Å²) >= 11 is 0. The summed E-state index contributed by atoms with van der Waals surface area (Å²) in [5, 5.41) is 11.2. The van der Waals surface area contributed by atoms with Crippen molar-refractivity contribution in [2.24, 2.45) is 0 Å². The first-order valence-electron chi connectivity index (χ1n) is 9.44. The van der Waals surface area contributed by atoms with E-state index in [9.17, 15) is 9.90 Å². The van der Waals surface area contributed by atoms with E-state index < -0.39 is 5.97 Å². The Bertz CT molecular complexity index is 855. The molecular formula is C23H29NO3. The molecule has 2 aromatic carbocycles. The maximum absolute atomic E-state index is 12.1. The molecule has 0 saturated heterocycles. The second-order valence-corrected chi connectivity index (χ2v) is 5.71. The Kier molecular flexibility index (Phi) is 9.00. The zero-order valence-corrected chi connectivity index (χ0v) is 17.0. The van der Waals surface area contributed by atoms with Crippen LogP contribution in [-0.2, 0) is 0 Å². The Morgan fingerprint density at radius 2 is 1.56 bits per heavy atom. The van der Waals surface area contributed by atoms with Crippen LogP contribution in [-0.4, -0.2) is 16.1 Å². The number of carbonyl (C=O) groups excluding carboxylic acids is 1. The van der Waals surface area contributed by atoms with Gasteiger partial charge in [-0.15, -0.1) is 0 Å². The molecule has 0 unspecified atom stereocenters. The van der Waals surface area contributed by atoms with Crippen LogP contribution in [0.3, 0.4) is 0 Å². The number of hydrogen-bond acceptors (Lipinski definition) is 4. The van der Waals surface area contributed by atoms with Gasteiger partial charge in [0.15, 0.2) is 0 Å². The molecule has 4 heteroatoms. The molecule has 0 saturated carbocycles. The molecule has 0 fully saturated rings. The summed E-state index contributed by atoms with van der Waals surface area (Å²) < 4.78 is 5.38. The summed E-state index contributed by atoms with van der Waals surface area (Å²) in [6, 6.07) is 13.5. The minimum absolute atomic E-state index is 0.110. The molecule has 3 aromatic rings. The van der Waals surface area contributed by atoms with E-state index in [1.807, 2.05) is 39.8 Å². The number of rotatable bonds is 3. The third-order valence-electron chi connectivity index (χ3n) is 3.62. The lowest BCUT2D eigenvalue weighted by atomic mass is 10.1. The van der Waals surface area contributed by atoms with Gasteiger partial charge in [0.05, 0.1) is 5.56 Å². The van der Waals surface area contributed by atoms with Gasteiger partial charge in [-0.05, 0) is 53.8 Å². The van der Waals surface area contributed by atoms with Crippen molar-refractivity contribution in [3.8, 4) is 11.5 Å². The molecule has 1 heterocycles. The van der Waals surface area contributed by atoms with Gasteiger partial charge in [0.2, 0.25) is 0 Å². The van der Waals surface area contributed by atoms with Gasteiger partial charge in [-0.2, -0.15) is 0 Å². The molecule has 27 heavy (non-hydrogen) atoms. The zero-order chi connectivity index (χ0) is 20.4. The van der Waals surface area contributed by atoms with Crippen LogP contribution in [0, 0.1) is 0 Å². The lowest BCUT2D eigenvalue weighted by molar-refractivity contribution is 0.0735. The highest BCUT2D eigenvalue weighted by atomic mass is 16.5. The van der Waals surface area contributed by atoms with Crippen molar-refractivity contribution in [1.29, 1.82) is 0 Å². The van der Waals surface area contributed by atoms with E-state index in [2.05, 4.69) is 18.8 Å². The number of fused-ring (bicyclic) bond motifs is 1. The molecule has 0 aliphatic carbocycles. The number of benzene rings is 2. The summed E-state index contributed by atoms with van der Waals surface area (Å²) in [7, 11) is 0. The Balaban J connectivity index is 0.000000855. The molecule has 1 N–H and O–H groups in total. The minimum atomic E-state index is -0.462. The zero-order valence-electron chi connectivity index (χ0n) is 17.0. The van der Waals surface area contributed by atoms with Gasteiger partial charge >= 0.3 is 5.97 Å². The molecule has 0 radical (unpaired) electrons. The van der Waals surface area contributed by atoms with Crippen LogP contribution in [0.1, 0.15) is 63.5 Å². The highest BCUT2D eigenvalue weighted by Gasteiger charge is 2.09. The van der Waals surface area contributed by atoms with Crippen molar-refractivity contribution in [3.05, 3.63) is 66.0 Å². The monoisotopic (exact) mass is 367 g/mol. The molecule has 0 aliphatic rings. The Morgan fingerprint density at radius 1 is 0.926 bits per heavy atom. The number of hydrogen-bond donors (Lipinski definition) is 1. The van der Waals surface area contributed by atoms with Gasteiger partial charge in [0, 0.05) is 17.3 Å². The van der Waals surface area contributed by atoms with Crippen LogP contribution in [0.5, 0.6) is 11.5 Å². The minimum Gasteiger partial charge on any atom is -0.508 e. The molecule has 0 aliphatic heterocycles. The van der Waals surface area contributed by atoms with E-state index in [1.54, 1.807) is 18.3 Å². The molecule has 144 valence electrons. The van der Waals surface area contributed by atoms with Crippen molar-refractivity contribution in [2.75, 3.05) is 0 Å². The Labute approximate surface area is 161 Å². The van der Waals surface area contributed by atoms with Gasteiger partial charge in [-0.25, -0.2) is 4.79 Å². The van der Waals surface area contributed by atoms with E-state index >= 15 is 0 Å². The van der Waals surface area contributed by atoms with E-state index in [4.69, 9.17) is 4.74 Å². The second kappa shape index (κ2) is 11.0. The predicted octanol–water partition coefficient (Wildman–Crippen LogP) is 6.34. The standard InChI is InChI=1S/C19H17NO3.2C2H6/c1-12(2)18-10-14-5-8-17(9-15(14)11-20-18)23-19(22)13-3-6-16(21)7-4-13;2*1-2/h3-12,21H,1-2H3;2*1-2H3. The summed E-state index contributed by atoms with van der Waals surface area (Å²) in [5.41, 5.74) is 1.42. The fourth-order valence-electron chi connectivity index (χ4n) is 2.28. The van der Waals surface area contributed by atoms with E-state index in [-0.39, 0.29) is 5.75 Å². The van der Waals surface area contributed by atoms with E-state index in [0.717, 1.165) is 16.5 Å². The van der Waals surface area contributed by atoms with Crippen LogP contribution in [0.15, 0.2) is 54.7 Å². The summed E-state index contributed by atoms with van der Waals surface area (Å²) in [4.78, 5) is 16.5. The molecule has 3 rings (SSSR count). The van der Waals surface area contributed by atoms with Crippen LogP contribution >= 0.6 is 0 Å². The van der Waals surface area contributed by atoms with Crippen LogP contribution in [0.4, 0.5) is 0 Å². The van der Waals surface area contributed by atoms with E-state index in [1.165, 1.54) is 24.3 Å². The molecule has 1 aromatic heterocycles. The fraction of sp³-hybridized carbons (Fsp3) is 0.304. The number of phenolic OH excluding ortho intramolecular Hbond substituents is 1. The van der Waals surface area contributed by atoms with Crippen LogP contribution in [0.25, 0.3) is 10.8 Å². The Hall–Kier alpha value is -2.88. The summed E-state index contributed by atoms with van der Waals surface area (Å²) in [5.74, 6) is 0.483. The molecule has 0 bridgehead atoms. The maximum Gasteiger partial charge on any atom is 0.343 e. The number of aromatic hydroxyl groups is 1. The molecular weight excluding hydrogens is 338 g/mol. The highest BCUT2D eigenvalue weighted by Crippen LogP contribution is 2.24. The number of nitrogens with zero attached hydrogens (tertiary/aromatic N) is 1. The van der Waals surface area contributed by atoms with Crippen molar-refractivity contribution < 1.29 is 14.6 Å². The normalized spacial score (nSPS) is 9.74. The third-order valence-corrected chi connectivity index (χ3v) is 3.62. The van der Waals surface area contributed by atoms with Crippen molar-refractivity contribution in [2.45, 2.75) is 47.5 Å². The first-order chi connectivity index (χ1) is 13.0. The summed E-state index contributed by atoms with van der Waals surface area (Å²) in [6.07, 6.45) is 1.79. The van der Waals surface area contributed by atoms with Gasteiger partial charge in [0.25, 0.3) is 0 Å². The number of esters is 1. The molecule has 0 spiro atoms. The van der Waals surface area contributed by atoms with Crippen LogP contribution < -0.4 is 4.74 Å². The maximum atomic E-state index is 12.1. The average molecular weight is 367 g/mol. The number of ether oxygens (including phenoxy) is 1. The Morgan fingerprint density at radius 3 is 2.15 bits per heavy atom. The lowest BCUT2D eigenvalue weighted by Crippen LogP contribution is -2.08. The number of carbonyl (C=O) groups is 1. The first-order valence-corrected chi connectivity index (χ1v) is 9.44.